The molecule has 3 amide bonds. The molecule has 0 saturated heterocycles. The third kappa shape index (κ3) is 16.5. The van der Waals surface area contributed by atoms with Crippen molar-refractivity contribution in [2.24, 2.45) is 0 Å². The third-order valence-corrected chi connectivity index (χ3v) is 10.2. The zero-order valence-corrected chi connectivity index (χ0v) is 38.1. The summed E-state index contributed by atoms with van der Waals surface area (Å²) in [5.41, 5.74) is 4.26. The number of nitrogens with zero attached hydrogens (tertiary/aromatic N) is 4. The average Bonchev–Trinajstić information content (AvgIpc) is 3.55. The molecule has 328 valence electrons. The van der Waals surface area contributed by atoms with E-state index in [4.69, 9.17) is 26.5 Å². The number of aryl methyl sites for hydroxylation is 1. The Kier molecular flexibility index (Phi) is 17.0. The van der Waals surface area contributed by atoms with Crippen molar-refractivity contribution in [1.29, 1.82) is 0 Å². The number of carbonyl (C=O) groups is 3. The van der Waals surface area contributed by atoms with Gasteiger partial charge in [0.05, 0.1) is 17.1 Å². The second-order valence-corrected chi connectivity index (χ2v) is 20.0. The Labute approximate surface area is 361 Å². The number of anilines is 3. The number of sulfone groups is 2. The molecule has 0 saturated carbocycles. The number of carboxylic acid groups (broad SMARTS) is 1. The van der Waals surface area contributed by atoms with Gasteiger partial charge in [0.1, 0.15) is 39.8 Å². The van der Waals surface area contributed by atoms with Crippen LogP contribution in [0.2, 0.25) is 0 Å². The van der Waals surface area contributed by atoms with Crippen LogP contribution < -0.4 is 20.7 Å². The number of allylic oxidation sites excluding steroid dienone is 1. The number of hydrogen-bond donors (Lipinski definition) is 4. The highest BCUT2D eigenvalue weighted by Crippen LogP contribution is 2.35. The van der Waals surface area contributed by atoms with E-state index in [0.29, 0.717) is 23.0 Å². The second kappa shape index (κ2) is 21.0. The maximum absolute atomic E-state index is 13.3. The summed E-state index contributed by atoms with van der Waals surface area (Å²) in [6.45, 7) is 12.2. The minimum atomic E-state index is -3.49. The highest BCUT2D eigenvalue weighted by atomic mass is 35.5. The molecule has 16 nitrogen and oxygen atoms in total. The van der Waals surface area contributed by atoms with E-state index in [-0.39, 0.29) is 11.2 Å². The van der Waals surface area contributed by atoms with Gasteiger partial charge in [0, 0.05) is 61.1 Å². The van der Waals surface area contributed by atoms with Crippen molar-refractivity contribution in [1.82, 2.24) is 19.7 Å². The van der Waals surface area contributed by atoms with Gasteiger partial charge in [0.15, 0.2) is 19.7 Å². The maximum Gasteiger partial charge on any atom is 0.324 e. The van der Waals surface area contributed by atoms with Gasteiger partial charge in [-0.05, 0) is 56.7 Å². The molecule has 2 aromatic heterocycles. The van der Waals surface area contributed by atoms with E-state index < -0.39 is 49.1 Å². The van der Waals surface area contributed by atoms with Crippen LogP contribution in [0.5, 0.6) is 11.5 Å². The average molecular weight is 899 g/mol. The lowest BCUT2D eigenvalue weighted by atomic mass is 9.92. The number of carbonyl (C=O) groups excluding carboxylic acids is 2. The lowest BCUT2D eigenvalue weighted by Crippen LogP contribution is -2.22. The fourth-order valence-electron chi connectivity index (χ4n) is 5.22. The van der Waals surface area contributed by atoms with Crippen molar-refractivity contribution >= 4 is 77.3 Å². The van der Waals surface area contributed by atoms with E-state index >= 15 is 0 Å². The van der Waals surface area contributed by atoms with E-state index in [1.165, 1.54) is 12.3 Å². The van der Waals surface area contributed by atoms with Gasteiger partial charge >= 0.3 is 12.0 Å². The summed E-state index contributed by atoms with van der Waals surface area (Å²) in [5, 5.41) is 23.3. The standard InChI is InChI=1S/C33H34N6O5S.C6H12ClN.C3H6O4S/c1-21-10-12-22(13-11-21)39-30(19-28(38-39)33(2,3)4)37-32(41)35-26-14-15-27(25-9-7-6-8-24(25)26)44-23-16-17-34-29(18-23)36-31(40)20-45(5,42)43;1-5(2)6(7)8(3)4;1-8(6,7)2-3(4)5/h6-19H,20H2,1-5H3,(H,34,36,40)(H2,35,37,41);1-4H3;2H2,1H3,(H,4,5). The monoisotopic (exact) mass is 897 g/mol. The highest BCUT2D eigenvalue weighted by molar-refractivity contribution is 7.91. The number of pyridine rings is 1. The van der Waals surface area contributed by atoms with E-state index in [0.717, 1.165) is 51.0 Å². The van der Waals surface area contributed by atoms with Crippen LogP contribution in [-0.4, -0.2) is 97.6 Å². The number of fused-ring (bicyclic) bond motifs is 1. The molecule has 2 heterocycles. The lowest BCUT2D eigenvalue weighted by molar-refractivity contribution is -0.134. The Morgan fingerprint density at radius 1 is 0.836 bits per heavy atom. The SMILES string of the molecule is CC(C)=C(Cl)N(C)C.CS(=O)(=O)CC(=O)O.Cc1ccc(-n2nc(C(C)(C)C)cc2NC(=O)Nc2ccc(Oc3ccnc(NC(=O)CS(C)(=O)=O)c3)c3ccccc23)cc1. The molecular formula is C42H52ClN7O9S2. The molecule has 0 aliphatic carbocycles. The van der Waals surface area contributed by atoms with Gasteiger partial charge in [0.25, 0.3) is 0 Å². The first-order valence-electron chi connectivity index (χ1n) is 18.5. The van der Waals surface area contributed by atoms with Crippen molar-refractivity contribution in [2.75, 3.05) is 54.1 Å². The molecule has 0 spiro atoms. The van der Waals surface area contributed by atoms with Gasteiger partial charge in [-0.2, -0.15) is 5.10 Å². The van der Waals surface area contributed by atoms with Crippen molar-refractivity contribution in [3.63, 3.8) is 0 Å². The van der Waals surface area contributed by atoms with Crippen LogP contribution in [-0.2, 0) is 34.7 Å². The van der Waals surface area contributed by atoms with Crippen LogP contribution >= 0.6 is 11.6 Å². The summed E-state index contributed by atoms with van der Waals surface area (Å²) in [6, 6.07) is 23.4. The van der Waals surface area contributed by atoms with Gasteiger partial charge in [0.2, 0.25) is 5.91 Å². The largest absolute Gasteiger partial charge is 0.480 e. The van der Waals surface area contributed by atoms with Crippen molar-refractivity contribution in [2.45, 2.75) is 47.0 Å². The predicted octanol–water partition coefficient (Wildman–Crippen LogP) is 7.60. The molecule has 0 aliphatic rings. The van der Waals surface area contributed by atoms with Crippen LogP contribution in [0.3, 0.4) is 0 Å². The van der Waals surface area contributed by atoms with Crippen molar-refractivity contribution in [3.05, 3.63) is 107 Å². The number of halogens is 1. The molecule has 0 bridgehead atoms. The molecule has 19 heteroatoms. The molecule has 0 radical (unpaired) electrons. The Balaban J connectivity index is 0.000000524. The van der Waals surface area contributed by atoms with Crippen LogP contribution in [0.4, 0.5) is 22.1 Å². The van der Waals surface area contributed by atoms with E-state index in [1.807, 2.05) is 94.4 Å². The number of aromatic nitrogens is 3. The van der Waals surface area contributed by atoms with Gasteiger partial charge in [-0.15, -0.1) is 0 Å². The van der Waals surface area contributed by atoms with E-state index in [1.54, 1.807) is 22.9 Å². The van der Waals surface area contributed by atoms with Crippen LogP contribution in [0.1, 0.15) is 45.9 Å². The van der Waals surface area contributed by atoms with Gasteiger partial charge < -0.3 is 25.4 Å². The first-order chi connectivity index (χ1) is 28.2. The number of hydrogen-bond acceptors (Lipinski definition) is 11. The fraction of sp³-hybridized carbons (Fsp3) is 0.310. The summed E-state index contributed by atoms with van der Waals surface area (Å²) in [7, 11) is -2.96. The number of ether oxygens (including phenoxy) is 1. The number of urea groups is 1. The molecule has 61 heavy (non-hydrogen) atoms. The summed E-state index contributed by atoms with van der Waals surface area (Å²) >= 11 is 5.76. The van der Waals surface area contributed by atoms with Gasteiger partial charge in [-0.25, -0.2) is 31.3 Å². The Hall–Kier alpha value is -5.98. The Morgan fingerprint density at radius 3 is 1.95 bits per heavy atom. The molecule has 4 N–H and O–H groups in total. The molecule has 5 aromatic rings. The van der Waals surface area contributed by atoms with Crippen molar-refractivity contribution < 1.29 is 41.1 Å². The zero-order chi connectivity index (χ0) is 45.9. The van der Waals surface area contributed by atoms with Crippen LogP contribution in [0.25, 0.3) is 16.5 Å². The van der Waals surface area contributed by atoms with Crippen LogP contribution in [0.15, 0.2) is 95.8 Å². The number of benzene rings is 3. The number of rotatable bonds is 11. The summed E-state index contributed by atoms with van der Waals surface area (Å²) in [6.07, 6.45) is 3.30. The maximum atomic E-state index is 13.3. The number of carboxylic acids is 1. The summed E-state index contributed by atoms with van der Waals surface area (Å²) in [5.74, 6) is -1.88. The van der Waals surface area contributed by atoms with E-state index in [9.17, 15) is 31.2 Å². The first-order valence-corrected chi connectivity index (χ1v) is 23.0. The molecule has 5 rings (SSSR count). The fourth-order valence-corrected chi connectivity index (χ4v) is 6.21. The third-order valence-electron chi connectivity index (χ3n) is 7.94. The highest BCUT2D eigenvalue weighted by Gasteiger charge is 2.22. The Morgan fingerprint density at radius 2 is 1.44 bits per heavy atom. The summed E-state index contributed by atoms with van der Waals surface area (Å²) < 4.78 is 50.8. The molecule has 3 aromatic carbocycles. The topological polar surface area (TPSA) is 219 Å². The van der Waals surface area contributed by atoms with Crippen LogP contribution in [0, 0.1) is 6.92 Å². The molecule has 0 unspecified atom stereocenters. The minimum absolute atomic E-state index is 0.153. The predicted molar refractivity (Wildman–Crippen MR) is 242 cm³/mol. The van der Waals surface area contributed by atoms with E-state index in [2.05, 4.69) is 41.7 Å². The number of aliphatic carboxylic acids is 1. The van der Waals surface area contributed by atoms with Gasteiger partial charge in [-0.1, -0.05) is 74.3 Å². The number of amides is 3. The van der Waals surface area contributed by atoms with Gasteiger partial charge in [-0.3, -0.25) is 14.9 Å². The lowest BCUT2D eigenvalue weighted by Gasteiger charge is -2.14. The quantitative estimate of drug-likeness (QED) is 0.0943. The number of nitrogens with one attached hydrogen (secondary N) is 3. The normalized spacial score (nSPS) is 11.2. The molecule has 0 aliphatic heterocycles. The summed E-state index contributed by atoms with van der Waals surface area (Å²) in [4.78, 5) is 41.0. The second-order valence-electron chi connectivity index (χ2n) is 15.4. The smallest absolute Gasteiger partial charge is 0.324 e. The molecule has 0 atom stereocenters. The molecular weight excluding hydrogens is 846 g/mol. The minimum Gasteiger partial charge on any atom is -0.480 e. The Bertz CT molecular complexity index is 2620. The molecule has 0 fully saturated rings. The first kappa shape index (κ1) is 49.4. The zero-order valence-electron chi connectivity index (χ0n) is 35.7. The van der Waals surface area contributed by atoms with Crippen molar-refractivity contribution in [3.8, 4) is 17.2 Å².